The van der Waals surface area contributed by atoms with Crippen LogP contribution in [0.5, 0.6) is 5.75 Å². The number of carbonyl (C=O) groups is 3. The van der Waals surface area contributed by atoms with Crippen LogP contribution in [0.2, 0.25) is 0 Å². The highest BCUT2D eigenvalue weighted by Crippen LogP contribution is 2.21. The van der Waals surface area contributed by atoms with Crippen LogP contribution in [0.25, 0.3) is 0 Å². The van der Waals surface area contributed by atoms with Crippen molar-refractivity contribution in [1.29, 1.82) is 0 Å². The highest BCUT2D eigenvalue weighted by Gasteiger charge is 2.39. The SMILES string of the molecule is CC(C)(C)OC(=O)N(C(=O)OCc1ccccc1Br)[C@@H](Cc1ccc(O)cc1)C(=O)O. The number of aromatic hydroxyl groups is 1. The zero-order valence-electron chi connectivity index (χ0n) is 17.4. The fraction of sp³-hybridized carbons (Fsp3) is 0.318. The standard InChI is InChI=1S/C22H24BrNO7/c1-22(2,3)31-21(29)24(20(28)30-13-15-6-4-5-7-17(15)23)18(19(26)27)12-14-8-10-16(25)11-9-14/h4-11,18,25H,12-13H2,1-3H3,(H,26,27)/t18-/m0/s1. The smallest absolute Gasteiger partial charge is 0.420 e. The zero-order chi connectivity index (χ0) is 23.2. The summed E-state index contributed by atoms with van der Waals surface area (Å²) in [5.41, 5.74) is 0.183. The number of halogens is 1. The van der Waals surface area contributed by atoms with Crippen molar-refractivity contribution < 1.29 is 34.1 Å². The molecule has 2 aromatic rings. The van der Waals surface area contributed by atoms with Crippen LogP contribution in [0.15, 0.2) is 53.0 Å². The average Bonchev–Trinajstić information content (AvgIpc) is 2.67. The summed E-state index contributed by atoms with van der Waals surface area (Å²) in [6.45, 7) is 4.63. The van der Waals surface area contributed by atoms with Gasteiger partial charge in [-0.25, -0.2) is 14.4 Å². The van der Waals surface area contributed by atoms with Crippen LogP contribution in [0.1, 0.15) is 31.9 Å². The van der Waals surface area contributed by atoms with Gasteiger partial charge in [0, 0.05) is 16.5 Å². The zero-order valence-corrected chi connectivity index (χ0v) is 19.0. The lowest BCUT2D eigenvalue weighted by molar-refractivity contribution is -0.142. The van der Waals surface area contributed by atoms with Gasteiger partial charge < -0.3 is 19.7 Å². The molecule has 0 heterocycles. The van der Waals surface area contributed by atoms with E-state index in [1.54, 1.807) is 45.0 Å². The Balaban J connectivity index is 2.30. The maximum atomic E-state index is 12.8. The van der Waals surface area contributed by atoms with Gasteiger partial charge in [0.2, 0.25) is 0 Å². The second-order valence-corrected chi connectivity index (χ2v) is 8.58. The molecule has 0 radical (unpaired) electrons. The van der Waals surface area contributed by atoms with E-state index in [1.165, 1.54) is 24.3 Å². The van der Waals surface area contributed by atoms with Gasteiger partial charge in [0.15, 0.2) is 0 Å². The van der Waals surface area contributed by atoms with E-state index in [2.05, 4.69) is 15.9 Å². The number of phenolic OH excluding ortho intramolecular Hbond substituents is 1. The predicted molar refractivity (Wildman–Crippen MR) is 116 cm³/mol. The molecule has 0 aliphatic carbocycles. The quantitative estimate of drug-likeness (QED) is 0.597. The first-order valence-corrected chi connectivity index (χ1v) is 10.2. The van der Waals surface area contributed by atoms with Gasteiger partial charge in [0.1, 0.15) is 24.0 Å². The maximum absolute atomic E-state index is 12.8. The summed E-state index contributed by atoms with van der Waals surface area (Å²) in [5.74, 6) is -1.40. The lowest BCUT2D eigenvalue weighted by atomic mass is 10.0. The topological polar surface area (TPSA) is 113 Å². The molecule has 0 unspecified atom stereocenters. The highest BCUT2D eigenvalue weighted by molar-refractivity contribution is 9.10. The van der Waals surface area contributed by atoms with Gasteiger partial charge in [-0.15, -0.1) is 0 Å². The molecule has 1 atom stereocenters. The summed E-state index contributed by atoms with van der Waals surface area (Å²) in [7, 11) is 0. The van der Waals surface area contributed by atoms with Gasteiger partial charge in [0.25, 0.3) is 0 Å². The van der Waals surface area contributed by atoms with Crippen LogP contribution in [0.3, 0.4) is 0 Å². The lowest BCUT2D eigenvalue weighted by Crippen LogP contribution is -2.51. The van der Waals surface area contributed by atoms with E-state index >= 15 is 0 Å². The molecule has 0 saturated heterocycles. The van der Waals surface area contributed by atoms with Crippen molar-refractivity contribution >= 4 is 34.1 Å². The van der Waals surface area contributed by atoms with Crippen molar-refractivity contribution in [3.05, 3.63) is 64.1 Å². The number of phenols is 1. The molecule has 0 aliphatic rings. The number of rotatable bonds is 6. The number of hydrogen-bond donors (Lipinski definition) is 2. The Kier molecular flexibility index (Phi) is 8.04. The van der Waals surface area contributed by atoms with Gasteiger partial charge >= 0.3 is 18.2 Å². The summed E-state index contributed by atoms with van der Waals surface area (Å²) in [6.07, 6.45) is -2.47. The summed E-state index contributed by atoms with van der Waals surface area (Å²) >= 11 is 3.34. The van der Waals surface area contributed by atoms with Crippen LogP contribution >= 0.6 is 15.9 Å². The van der Waals surface area contributed by atoms with Crippen molar-refractivity contribution in [2.24, 2.45) is 0 Å². The molecule has 2 aromatic carbocycles. The van der Waals surface area contributed by atoms with Gasteiger partial charge in [-0.2, -0.15) is 4.90 Å². The lowest BCUT2D eigenvalue weighted by Gasteiger charge is -2.29. The normalized spacial score (nSPS) is 12.0. The number of nitrogens with zero attached hydrogens (tertiary/aromatic N) is 1. The molecule has 0 spiro atoms. The van der Waals surface area contributed by atoms with Gasteiger partial charge in [-0.1, -0.05) is 46.3 Å². The predicted octanol–water partition coefficient (Wildman–Crippen LogP) is 4.72. The molecule has 2 rings (SSSR count). The van der Waals surface area contributed by atoms with Gasteiger partial charge in [-0.3, -0.25) is 0 Å². The van der Waals surface area contributed by atoms with Crippen molar-refractivity contribution in [2.75, 3.05) is 0 Å². The first-order valence-electron chi connectivity index (χ1n) is 9.41. The number of amides is 2. The van der Waals surface area contributed by atoms with Crippen LogP contribution in [-0.4, -0.2) is 44.9 Å². The number of carboxylic acids is 1. The van der Waals surface area contributed by atoms with E-state index in [1.807, 2.05) is 0 Å². The number of carbonyl (C=O) groups excluding carboxylic acids is 2. The monoisotopic (exact) mass is 493 g/mol. The molecular formula is C22H24BrNO7. The second kappa shape index (κ2) is 10.3. The van der Waals surface area contributed by atoms with E-state index < -0.39 is 29.8 Å². The number of imide groups is 1. The molecule has 0 saturated carbocycles. The molecule has 0 aliphatic heterocycles. The Morgan fingerprint density at radius 2 is 1.65 bits per heavy atom. The van der Waals surface area contributed by atoms with Crippen LogP contribution < -0.4 is 0 Å². The molecule has 0 bridgehead atoms. The fourth-order valence-electron chi connectivity index (χ4n) is 2.61. The third-order valence-electron chi connectivity index (χ3n) is 4.06. The van der Waals surface area contributed by atoms with Crippen molar-refractivity contribution in [2.45, 2.75) is 45.4 Å². The number of carboxylic acid groups (broad SMARTS) is 1. The molecule has 9 heteroatoms. The molecule has 31 heavy (non-hydrogen) atoms. The molecule has 2 N–H and O–H groups in total. The average molecular weight is 494 g/mol. The number of benzene rings is 2. The molecule has 166 valence electrons. The minimum absolute atomic E-state index is 0.00692. The molecule has 0 fully saturated rings. The Morgan fingerprint density at radius 3 is 2.19 bits per heavy atom. The summed E-state index contributed by atoms with van der Waals surface area (Å²) < 4.78 is 11.2. The maximum Gasteiger partial charge on any atom is 0.420 e. The van der Waals surface area contributed by atoms with Crippen LogP contribution in [0, 0.1) is 0 Å². The van der Waals surface area contributed by atoms with Crippen molar-refractivity contribution in [1.82, 2.24) is 4.90 Å². The van der Waals surface area contributed by atoms with Crippen molar-refractivity contribution in [3.8, 4) is 5.75 Å². The molecular weight excluding hydrogens is 470 g/mol. The Hall–Kier alpha value is -3.07. The summed E-state index contributed by atoms with van der Waals surface area (Å²) in [4.78, 5) is 38.1. The largest absolute Gasteiger partial charge is 0.508 e. The molecule has 0 aromatic heterocycles. The molecule has 2 amide bonds. The van der Waals surface area contributed by atoms with E-state index in [4.69, 9.17) is 9.47 Å². The molecule has 8 nitrogen and oxygen atoms in total. The Morgan fingerprint density at radius 1 is 1.03 bits per heavy atom. The summed E-state index contributed by atoms with van der Waals surface area (Å²) in [6, 6.07) is 11.2. The first kappa shape index (κ1) is 24.2. The van der Waals surface area contributed by atoms with Crippen LogP contribution in [-0.2, 0) is 27.3 Å². The Bertz CT molecular complexity index is 938. The Labute approximate surface area is 188 Å². The van der Waals surface area contributed by atoms with Gasteiger partial charge in [0.05, 0.1) is 0 Å². The number of ether oxygens (including phenoxy) is 2. The summed E-state index contributed by atoms with van der Waals surface area (Å²) in [5, 5.41) is 19.2. The number of aliphatic carboxylic acids is 1. The van der Waals surface area contributed by atoms with E-state index in [-0.39, 0.29) is 18.8 Å². The van der Waals surface area contributed by atoms with E-state index in [9.17, 15) is 24.6 Å². The third kappa shape index (κ3) is 7.29. The number of hydrogen-bond acceptors (Lipinski definition) is 6. The highest BCUT2D eigenvalue weighted by atomic mass is 79.9. The van der Waals surface area contributed by atoms with Crippen molar-refractivity contribution in [3.63, 3.8) is 0 Å². The first-order chi connectivity index (χ1) is 14.5. The van der Waals surface area contributed by atoms with Crippen LogP contribution in [0.4, 0.5) is 9.59 Å². The van der Waals surface area contributed by atoms with E-state index in [0.717, 1.165) is 0 Å². The second-order valence-electron chi connectivity index (χ2n) is 7.72. The minimum Gasteiger partial charge on any atom is -0.508 e. The fourth-order valence-corrected chi connectivity index (χ4v) is 3.01. The third-order valence-corrected chi connectivity index (χ3v) is 4.83. The minimum atomic E-state index is -1.58. The van der Waals surface area contributed by atoms with Gasteiger partial charge in [-0.05, 0) is 44.5 Å². The van der Waals surface area contributed by atoms with E-state index in [0.29, 0.717) is 20.5 Å².